The first-order valence-corrected chi connectivity index (χ1v) is 10.5. The number of fused-ring (bicyclic) bond motifs is 1. The summed E-state index contributed by atoms with van der Waals surface area (Å²) in [7, 11) is 4.71. The molecule has 0 aliphatic carbocycles. The van der Waals surface area contributed by atoms with E-state index in [1.807, 2.05) is 0 Å². The number of unbranched alkanes of at least 4 members (excludes halogenated alkanes) is 9. The third-order valence-electron chi connectivity index (χ3n) is 5.49. The topological polar surface area (TPSA) is 0 Å². The van der Waals surface area contributed by atoms with E-state index in [1.165, 1.54) is 87.2 Å². The van der Waals surface area contributed by atoms with Gasteiger partial charge in [0.05, 0.1) is 20.6 Å². The highest BCUT2D eigenvalue weighted by atomic mass is 35.5. The molecule has 2 rings (SSSR count). The molecule has 2 aromatic rings. The fraction of sp³-hybridized carbons (Fsp3) is 0.583. The van der Waals surface area contributed by atoms with E-state index in [2.05, 4.69) is 63.5 Å². The van der Waals surface area contributed by atoms with Gasteiger partial charge in [0, 0.05) is 5.39 Å². The van der Waals surface area contributed by atoms with Crippen molar-refractivity contribution in [3.63, 3.8) is 0 Å². The number of hydrogen-bond donors (Lipinski definition) is 0. The van der Waals surface area contributed by atoms with Crippen molar-refractivity contribution in [3.05, 3.63) is 42.5 Å². The third kappa shape index (κ3) is 7.29. The summed E-state index contributed by atoms with van der Waals surface area (Å²) in [6.07, 6.45) is 14.1. The van der Waals surface area contributed by atoms with Crippen molar-refractivity contribution in [3.8, 4) is 0 Å². The highest BCUT2D eigenvalue weighted by Crippen LogP contribution is 2.29. The average Bonchev–Trinajstić information content (AvgIpc) is 2.62. The Morgan fingerprint density at radius 1 is 0.654 bits per heavy atom. The van der Waals surface area contributed by atoms with Crippen LogP contribution in [-0.2, 0) is 0 Å². The van der Waals surface area contributed by atoms with E-state index in [0.29, 0.717) is 0 Å². The zero-order valence-electron chi connectivity index (χ0n) is 17.1. The summed E-state index contributed by atoms with van der Waals surface area (Å²) in [5, 5.41) is 2.76. The van der Waals surface area contributed by atoms with Gasteiger partial charge < -0.3 is 12.4 Å². The molecule has 0 aliphatic rings. The molecule has 0 saturated heterocycles. The van der Waals surface area contributed by atoms with Gasteiger partial charge in [-0.3, -0.25) is 4.48 Å². The molecule has 0 heterocycles. The highest BCUT2D eigenvalue weighted by Gasteiger charge is 2.20. The fourth-order valence-corrected chi connectivity index (χ4v) is 3.85. The van der Waals surface area contributed by atoms with Gasteiger partial charge >= 0.3 is 0 Å². The molecular weight excluding hydrogens is 338 g/mol. The van der Waals surface area contributed by atoms with Gasteiger partial charge in [0.25, 0.3) is 0 Å². The minimum Gasteiger partial charge on any atom is -1.00 e. The summed E-state index contributed by atoms with van der Waals surface area (Å²) in [4.78, 5) is 0. The van der Waals surface area contributed by atoms with Crippen LogP contribution in [0.1, 0.15) is 71.1 Å². The maximum Gasteiger partial charge on any atom is 0.140 e. The van der Waals surface area contributed by atoms with E-state index in [9.17, 15) is 0 Å². The number of halogens is 1. The monoisotopic (exact) mass is 375 g/mol. The molecule has 0 unspecified atom stereocenters. The van der Waals surface area contributed by atoms with E-state index in [1.54, 1.807) is 0 Å². The van der Waals surface area contributed by atoms with Gasteiger partial charge in [-0.05, 0) is 30.4 Å². The van der Waals surface area contributed by atoms with Crippen molar-refractivity contribution in [1.29, 1.82) is 0 Å². The van der Waals surface area contributed by atoms with Crippen LogP contribution >= 0.6 is 0 Å². The molecule has 2 heteroatoms. The molecule has 0 radical (unpaired) electrons. The van der Waals surface area contributed by atoms with Gasteiger partial charge in [0.1, 0.15) is 5.69 Å². The van der Waals surface area contributed by atoms with Crippen LogP contribution in [-0.4, -0.2) is 20.6 Å². The Labute approximate surface area is 167 Å². The standard InChI is InChI=1S/C24H38N.ClH/c1-4-5-6-7-8-9-10-11-12-15-21-25(2,3)24-20-16-18-22-17-13-14-19-23(22)24;/h13-14,16-20H,4-12,15,21H2,1-3H3;1H/q+1;/p-1. The molecule has 0 atom stereocenters. The lowest BCUT2D eigenvalue weighted by molar-refractivity contribution is -0.00000543. The molecule has 0 aliphatic heterocycles. The summed E-state index contributed by atoms with van der Waals surface area (Å²) in [5.74, 6) is 0. The molecule has 0 bridgehead atoms. The summed E-state index contributed by atoms with van der Waals surface area (Å²) in [6.45, 7) is 3.52. The Morgan fingerprint density at radius 2 is 1.19 bits per heavy atom. The smallest absolute Gasteiger partial charge is 0.140 e. The van der Waals surface area contributed by atoms with Crippen LogP contribution in [0.15, 0.2) is 42.5 Å². The maximum atomic E-state index is 2.36. The quantitative estimate of drug-likeness (QED) is 0.382. The molecule has 0 amide bonds. The van der Waals surface area contributed by atoms with Crippen LogP contribution in [0, 0.1) is 0 Å². The van der Waals surface area contributed by atoms with Crippen LogP contribution in [0.5, 0.6) is 0 Å². The first-order chi connectivity index (χ1) is 12.1. The van der Waals surface area contributed by atoms with Crippen molar-refractivity contribution >= 4 is 16.5 Å². The molecule has 26 heavy (non-hydrogen) atoms. The zero-order chi connectivity index (χ0) is 18.0. The predicted molar refractivity (Wildman–Crippen MR) is 114 cm³/mol. The Bertz CT molecular complexity index is 615. The Balaban J connectivity index is 0.00000338. The first kappa shape index (κ1) is 23.0. The first-order valence-electron chi connectivity index (χ1n) is 10.5. The third-order valence-corrected chi connectivity index (χ3v) is 5.49. The molecule has 2 aromatic carbocycles. The second kappa shape index (κ2) is 12.4. The lowest BCUT2D eigenvalue weighted by Crippen LogP contribution is -3.00. The van der Waals surface area contributed by atoms with Crippen molar-refractivity contribution < 1.29 is 12.4 Å². The molecule has 1 nitrogen and oxygen atoms in total. The van der Waals surface area contributed by atoms with Gasteiger partial charge in [-0.2, -0.15) is 0 Å². The van der Waals surface area contributed by atoms with Gasteiger partial charge in [-0.1, -0.05) is 88.6 Å². The van der Waals surface area contributed by atoms with Crippen LogP contribution in [0.4, 0.5) is 5.69 Å². The van der Waals surface area contributed by atoms with Gasteiger partial charge in [0.15, 0.2) is 0 Å². The summed E-state index contributed by atoms with van der Waals surface area (Å²) < 4.78 is 0.984. The summed E-state index contributed by atoms with van der Waals surface area (Å²) >= 11 is 0. The van der Waals surface area contributed by atoms with Crippen molar-refractivity contribution in [2.75, 3.05) is 20.6 Å². The largest absolute Gasteiger partial charge is 1.00 e. The van der Waals surface area contributed by atoms with E-state index in [-0.39, 0.29) is 12.4 Å². The molecule has 146 valence electrons. The van der Waals surface area contributed by atoms with Gasteiger partial charge in [-0.25, -0.2) is 0 Å². The minimum absolute atomic E-state index is 0. The molecule has 0 saturated carbocycles. The van der Waals surface area contributed by atoms with Crippen molar-refractivity contribution in [1.82, 2.24) is 4.48 Å². The van der Waals surface area contributed by atoms with Crippen LogP contribution in [0.3, 0.4) is 0 Å². The average molecular weight is 376 g/mol. The summed E-state index contributed by atoms with van der Waals surface area (Å²) in [6, 6.07) is 15.5. The van der Waals surface area contributed by atoms with Gasteiger partial charge in [0.2, 0.25) is 0 Å². The lowest BCUT2D eigenvalue weighted by atomic mass is 10.0. The highest BCUT2D eigenvalue weighted by molar-refractivity contribution is 5.93. The van der Waals surface area contributed by atoms with Crippen molar-refractivity contribution in [2.45, 2.75) is 71.1 Å². The lowest BCUT2D eigenvalue weighted by Gasteiger charge is -2.30. The number of rotatable bonds is 12. The van der Waals surface area contributed by atoms with Crippen LogP contribution in [0.2, 0.25) is 0 Å². The normalized spacial score (nSPS) is 11.5. The molecule has 0 aromatic heterocycles. The molecule has 0 fully saturated rings. The molecule has 0 spiro atoms. The number of hydrogen-bond acceptors (Lipinski definition) is 0. The Hall–Kier alpha value is -1.05. The van der Waals surface area contributed by atoms with Crippen LogP contribution in [0.25, 0.3) is 10.8 Å². The second-order valence-electron chi connectivity index (χ2n) is 8.09. The SMILES string of the molecule is CCCCCCCCCCCC[N+](C)(C)c1cccc2ccccc12.[Cl-]. The number of benzene rings is 2. The number of quaternary nitrogens is 1. The maximum absolute atomic E-state index is 2.36. The molecule has 0 N–H and O–H groups in total. The van der Waals surface area contributed by atoms with E-state index >= 15 is 0 Å². The van der Waals surface area contributed by atoms with E-state index < -0.39 is 0 Å². The van der Waals surface area contributed by atoms with E-state index in [4.69, 9.17) is 0 Å². The number of nitrogens with zero attached hydrogens (tertiary/aromatic N) is 1. The summed E-state index contributed by atoms with van der Waals surface area (Å²) in [5.41, 5.74) is 1.45. The molecular formula is C24H38ClN. The zero-order valence-corrected chi connectivity index (χ0v) is 17.9. The predicted octanol–water partition coefficient (Wildman–Crippen LogP) is 4.33. The Kier molecular flexibility index (Phi) is 10.9. The second-order valence-corrected chi connectivity index (χ2v) is 8.09. The van der Waals surface area contributed by atoms with Crippen molar-refractivity contribution in [2.24, 2.45) is 0 Å². The van der Waals surface area contributed by atoms with Gasteiger partial charge in [-0.15, -0.1) is 0 Å². The van der Waals surface area contributed by atoms with Crippen LogP contribution < -0.4 is 16.9 Å². The van der Waals surface area contributed by atoms with E-state index in [0.717, 1.165) is 4.48 Å². The minimum atomic E-state index is 0. The fourth-order valence-electron chi connectivity index (χ4n) is 3.85. The Morgan fingerprint density at radius 3 is 1.85 bits per heavy atom.